The van der Waals surface area contributed by atoms with Gasteiger partial charge in [-0.2, -0.15) is 36.4 Å². The summed E-state index contributed by atoms with van der Waals surface area (Å²) in [6, 6.07) is 3.21. The van der Waals surface area contributed by atoms with E-state index in [2.05, 4.69) is 25.5 Å². The van der Waals surface area contributed by atoms with Crippen molar-refractivity contribution in [1.82, 2.24) is 34.8 Å². The first-order valence-corrected chi connectivity index (χ1v) is 9.84. The highest BCUT2D eigenvalue weighted by Crippen LogP contribution is 2.33. The Balaban J connectivity index is 1.62. The Labute approximate surface area is 182 Å². The lowest BCUT2D eigenvalue weighted by Gasteiger charge is -2.16. The van der Waals surface area contributed by atoms with Gasteiger partial charge in [0.05, 0.1) is 17.4 Å². The van der Waals surface area contributed by atoms with Gasteiger partial charge >= 0.3 is 12.4 Å². The number of pyridine rings is 1. The maximum Gasteiger partial charge on any atom is 0.453 e. The van der Waals surface area contributed by atoms with E-state index in [1.54, 1.807) is 10.7 Å². The van der Waals surface area contributed by atoms with Gasteiger partial charge in [0.1, 0.15) is 5.69 Å². The molecule has 14 heteroatoms. The average molecular weight is 473 g/mol. The van der Waals surface area contributed by atoms with Crippen LogP contribution in [-0.2, 0) is 25.9 Å². The van der Waals surface area contributed by atoms with Gasteiger partial charge in [-0.05, 0) is 37.5 Å². The first-order valence-electron chi connectivity index (χ1n) is 9.84. The van der Waals surface area contributed by atoms with Crippen LogP contribution in [0.3, 0.4) is 0 Å². The number of rotatable bonds is 3. The van der Waals surface area contributed by atoms with Crippen molar-refractivity contribution in [2.24, 2.45) is 7.05 Å². The summed E-state index contributed by atoms with van der Waals surface area (Å²) >= 11 is 0. The Morgan fingerprint density at radius 2 is 1.85 bits per heavy atom. The highest BCUT2D eigenvalue weighted by atomic mass is 19.4. The van der Waals surface area contributed by atoms with E-state index in [9.17, 15) is 31.1 Å². The third-order valence-electron chi connectivity index (χ3n) is 5.15. The number of fused-ring (bicyclic) bond motifs is 1. The van der Waals surface area contributed by atoms with Crippen LogP contribution in [0.1, 0.15) is 53.1 Å². The van der Waals surface area contributed by atoms with E-state index in [1.165, 1.54) is 13.1 Å². The van der Waals surface area contributed by atoms with E-state index in [4.69, 9.17) is 0 Å². The minimum absolute atomic E-state index is 0.200. The van der Waals surface area contributed by atoms with Crippen LogP contribution in [0.2, 0.25) is 0 Å². The van der Waals surface area contributed by atoms with Crippen LogP contribution >= 0.6 is 0 Å². The molecular formula is C19H17F6N7O. The number of hydrogen-bond acceptors (Lipinski definition) is 5. The number of amides is 1. The molecule has 1 aliphatic rings. The Morgan fingerprint density at radius 3 is 2.52 bits per heavy atom. The normalized spacial score (nSPS) is 16.9. The van der Waals surface area contributed by atoms with Crippen LogP contribution in [0.15, 0.2) is 24.4 Å². The molecule has 1 N–H and O–H groups in total. The zero-order chi connectivity index (χ0) is 24.0. The van der Waals surface area contributed by atoms with Crippen molar-refractivity contribution in [2.75, 3.05) is 0 Å². The van der Waals surface area contributed by atoms with Gasteiger partial charge in [-0.25, -0.2) is 4.68 Å². The predicted molar refractivity (Wildman–Crippen MR) is 101 cm³/mol. The molecule has 0 radical (unpaired) electrons. The summed E-state index contributed by atoms with van der Waals surface area (Å²) in [5.74, 6) is -2.80. The SMILES string of the molecule is Cn1nc(C(F)(F)F)nc1C(=O)N[C@@H]1CCCCn2nc(-c3ccnc(C(F)(F)F)c3)cc21. The number of nitrogens with zero attached hydrogens (tertiary/aromatic N) is 6. The number of halogens is 6. The van der Waals surface area contributed by atoms with E-state index in [1.807, 2.05) is 0 Å². The quantitative estimate of drug-likeness (QED) is 0.585. The number of aryl methyl sites for hydroxylation is 2. The average Bonchev–Trinajstić information content (AvgIpc) is 3.29. The van der Waals surface area contributed by atoms with Gasteiger partial charge in [0.2, 0.25) is 5.82 Å². The monoisotopic (exact) mass is 473 g/mol. The molecule has 1 aliphatic heterocycles. The molecule has 0 aromatic carbocycles. The van der Waals surface area contributed by atoms with Crippen LogP contribution in [0.5, 0.6) is 0 Å². The second-order valence-corrected chi connectivity index (χ2v) is 7.51. The first-order chi connectivity index (χ1) is 15.4. The van der Waals surface area contributed by atoms with Crippen LogP contribution < -0.4 is 5.32 Å². The molecule has 1 atom stereocenters. The molecule has 33 heavy (non-hydrogen) atoms. The maximum atomic E-state index is 13.0. The second kappa shape index (κ2) is 8.15. The van der Waals surface area contributed by atoms with Gasteiger partial charge in [-0.1, -0.05) is 0 Å². The van der Waals surface area contributed by atoms with E-state index in [-0.39, 0.29) is 11.3 Å². The summed E-state index contributed by atoms with van der Waals surface area (Å²) in [5.41, 5.74) is -0.0709. The zero-order valence-corrected chi connectivity index (χ0v) is 17.1. The predicted octanol–water partition coefficient (Wildman–Crippen LogP) is 3.77. The fourth-order valence-electron chi connectivity index (χ4n) is 3.61. The molecule has 176 valence electrons. The number of hydrogen-bond donors (Lipinski definition) is 1. The van der Waals surface area contributed by atoms with Gasteiger partial charge in [0, 0.05) is 25.4 Å². The third-order valence-corrected chi connectivity index (χ3v) is 5.15. The van der Waals surface area contributed by atoms with Crippen molar-refractivity contribution in [1.29, 1.82) is 0 Å². The first kappa shape index (κ1) is 22.7. The Morgan fingerprint density at radius 1 is 1.09 bits per heavy atom. The van der Waals surface area contributed by atoms with E-state index in [0.717, 1.165) is 16.9 Å². The largest absolute Gasteiger partial charge is 0.453 e. The molecule has 0 bridgehead atoms. The Bertz CT molecular complexity index is 1180. The van der Waals surface area contributed by atoms with Crippen LogP contribution in [0, 0.1) is 0 Å². The summed E-state index contributed by atoms with van der Waals surface area (Å²) in [6.07, 6.45) is -6.52. The molecule has 0 aliphatic carbocycles. The van der Waals surface area contributed by atoms with Crippen molar-refractivity contribution in [3.8, 4) is 11.3 Å². The molecular weight excluding hydrogens is 456 g/mol. The number of carbonyl (C=O) groups is 1. The van der Waals surface area contributed by atoms with Crippen LogP contribution in [-0.4, -0.2) is 35.4 Å². The van der Waals surface area contributed by atoms with E-state index >= 15 is 0 Å². The molecule has 0 fully saturated rings. The maximum absolute atomic E-state index is 13.0. The van der Waals surface area contributed by atoms with Gasteiger partial charge < -0.3 is 5.32 Å². The lowest BCUT2D eigenvalue weighted by atomic mass is 10.1. The summed E-state index contributed by atoms with van der Waals surface area (Å²) in [5, 5.41) is 10.3. The van der Waals surface area contributed by atoms with Crippen molar-refractivity contribution in [3.05, 3.63) is 47.4 Å². The smallest absolute Gasteiger partial charge is 0.341 e. The highest BCUT2D eigenvalue weighted by Gasteiger charge is 2.38. The number of carbonyl (C=O) groups excluding carboxylic acids is 1. The molecule has 8 nitrogen and oxygen atoms in total. The minimum atomic E-state index is -4.80. The fourth-order valence-corrected chi connectivity index (χ4v) is 3.61. The summed E-state index contributed by atoms with van der Waals surface area (Å²) in [4.78, 5) is 19.3. The number of aromatic nitrogens is 6. The lowest BCUT2D eigenvalue weighted by Crippen LogP contribution is -2.31. The molecule has 4 heterocycles. The van der Waals surface area contributed by atoms with E-state index < -0.39 is 41.6 Å². The fraction of sp³-hybridized carbons (Fsp3) is 0.421. The minimum Gasteiger partial charge on any atom is -0.341 e. The molecule has 4 rings (SSSR count). The molecule has 1 amide bonds. The number of alkyl halides is 6. The van der Waals surface area contributed by atoms with Crippen LogP contribution in [0.25, 0.3) is 11.3 Å². The topological polar surface area (TPSA) is 90.5 Å². The summed E-state index contributed by atoms with van der Waals surface area (Å²) in [6.45, 7) is 0.473. The van der Waals surface area contributed by atoms with Gasteiger partial charge in [0.15, 0.2) is 0 Å². The zero-order valence-electron chi connectivity index (χ0n) is 17.1. The molecule has 0 unspecified atom stereocenters. The van der Waals surface area contributed by atoms with Gasteiger partial charge in [-0.15, -0.1) is 5.10 Å². The molecule has 0 saturated heterocycles. The highest BCUT2D eigenvalue weighted by molar-refractivity contribution is 5.91. The Hall–Kier alpha value is -3.45. The summed E-state index contributed by atoms with van der Waals surface area (Å²) < 4.78 is 80.0. The molecule has 3 aromatic heterocycles. The Kier molecular flexibility index (Phi) is 5.62. The third kappa shape index (κ3) is 4.68. The molecule has 0 saturated carbocycles. The van der Waals surface area contributed by atoms with Crippen molar-refractivity contribution in [3.63, 3.8) is 0 Å². The standard InChI is InChI=1S/C19H17F6N7O/c1-31-15(28-17(30-31)19(23,24)25)16(33)27-11-4-2-3-7-32-13(11)9-12(29-32)10-5-6-26-14(8-10)18(20,21)22/h5-6,8-9,11H,2-4,7H2,1H3,(H,27,33)/t11-/m1/s1. The van der Waals surface area contributed by atoms with Crippen molar-refractivity contribution >= 4 is 5.91 Å². The second-order valence-electron chi connectivity index (χ2n) is 7.51. The van der Waals surface area contributed by atoms with E-state index in [0.29, 0.717) is 31.5 Å². The number of nitrogens with one attached hydrogen (secondary N) is 1. The van der Waals surface area contributed by atoms with Crippen molar-refractivity contribution < 1.29 is 31.1 Å². The molecule has 0 spiro atoms. The lowest BCUT2D eigenvalue weighted by molar-refractivity contribution is -0.145. The van der Waals surface area contributed by atoms with Gasteiger partial charge in [-0.3, -0.25) is 14.5 Å². The van der Waals surface area contributed by atoms with Crippen molar-refractivity contribution in [2.45, 2.75) is 44.2 Å². The molecule has 3 aromatic rings. The van der Waals surface area contributed by atoms with Gasteiger partial charge in [0.25, 0.3) is 11.7 Å². The van der Waals surface area contributed by atoms with Crippen LogP contribution in [0.4, 0.5) is 26.3 Å². The summed E-state index contributed by atoms with van der Waals surface area (Å²) in [7, 11) is 1.17.